The maximum atomic E-state index is 12.1. The molecular weight excluding hydrogens is 458 g/mol. The van der Waals surface area contributed by atoms with Gasteiger partial charge in [-0.3, -0.25) is 9.59 Å². The molecule has 0 aromatic heterocycles. The summed E-state index contributed by atoms with van der Waals surface area (Å²) in [5.41, 5.74) is 5.70. The average Bonchev–Trinajstić information content (AvgIpc) is 2.78. The van der Waals surface area contributed by atoms with Crippen molar-refractivity contribution >= 4 is 34.0 Å². The number of aryl methyl sites for hydroxylation is 1. The minimum absolute atomic E-state index is 0.175. The molecule has 0 saturated heterocycles. The second kappa shape index (κ2) is 11.1. The summed E-state index contributed by atoms with van der Waals surface area (Å²) in [4.78, 5) is 24.1. The lowest BCUT2D eigenvalue weighted by Crippen LogP contribution is -2.34. The molecule has 2 amide bonds. The fourth-order valence-electron chi connectivity index (χ4n) is 2.71. The molecule has 0 radical (unpaired) electrons. The molecule has 3 rings (SSSR count). The maximum absolute atomic E-state index is 12.1. The van der Waals surface area contributed by atoms with E-state index in [9.17, 15) is 9.59 Å². The summed E-state index contributed by atoms with van der Waals surface area (Å²) in [6.07, 6.45) is 1.51. The maximum Gasteiger partial charge on any atom is 0.259 e. The van der Waals surface area contributed by atoms with Gasteiger partial charge in [0.15, 0.2) is 0 Å². The number of hydrogen-bond donors (Lipinski definition) is 2. The van der Waals surface area contributed by atoms with Gasteiger partial charge < -0.3 is 10.1 Å². The zero-order valence-electron chi connectivity index (χ0n) is 17.0. The van der Waals surface area contributed by atoms with Gasteiger partial charge in [-0.25, -0.2) is 5.43 Å². The first kappa shape index (κ1) is 22.2. The Hall–Kier alpha value is -3.45. The van der Waals surface area contributed by atoms with Crippen LogP contribution in [0, 0.1) is 6.92 Å². The van der Waals surface area contributed by atoms with Crippen LogP contribution < -0.4 is 15.5 Å². The van der Waals surface area contributed by atoms with Crippen molar-refractivity contribution in [2.75, 3.05) is 6.54 Å². The Bertz CT molecular complexity index is 1080. The van der Waals surface area contributed by atoms with Crippen LogP contribution in [-0.2, 0) is 11.4 Å². The van der Waals surface area contributed by atoms with E-state index in [2.05, 4.69) is 31.8 Å². The average molecular weight is 480 g/mol. The molecule has 0 aliphatic heterocycles. The van der Waals surface area contributed by atoms with Crippen molar-refractivity contribution in [3.05, 3.63) is 99.5 Å². The molecule has 7 heteroatoms. The van der Waals surface area contributed by atoms with E-state index in [0.29, 0.717) is 17.9 Å². The summed E-state index contributed by atoms with van der Waals surface area (Å²) in [6, 6.07) is 22.6. The smallest absolute Gasteiger partial charge is 0.259 e. The molecule has 158 valence electrons. The molecule has 6 nitrogen and oxygen atoms in total. The molecule has 3 aromatic carbocycles. The molecule has 2 N–H and O–H groups in total. The first-order valence-corrected chi connectivity index (χ1v) is 10.4. The number of carbonyl (C=O) groups is 2. The van der Waals surface area contributed by atoms with E-state index in [0.717, 1.165) is 21.2 Å². The van der Waals surface area contributed by atoms with E-state index in [1.54, 1.807) is 18.2 Å². The van der Waals surface area contributed by atoms with Crippen molar-refractivity contribution in [1.29, 1.82) is 0 Å². The molecule has 31 heavy (non-hydrogen) atoms. The zero-order valence-corrected chi connectivity index (χ0v) is 18.6. The number of nitrogens with zero attached hydrogens (tertiary/aromatic N) is 1. The minimum atomic E-state index is -0.426. The Balaban J connectivity index is 1.50. The van der Waals surface area contributed by atoms with Gasteiger partial charge in [0.1, 0.15) is 12.4 Å². The van der Waals surface area contributed by atoms with Crippen LogP contribution in [0.5, 0.6) is 5.75 Å². The molecule has 0 bridgehead atoms. The van der Waals surface area contributed by atoms with Gasteiger partial charge in [-0.15, -0.1) is 0 Å². The van der Waals surface area contributed by atoms with E-state index in [4.69, 9.17) is 4.74 Å². The van der Waals surface area contributed by atoms with Crippen LogP contribution in [-0.4, -0.2) is 24.6 Å². The van der Waals surface area contributed by atoms with Crippen molar-refractivity contribution < 1.29 is 14.3 Å². The van der Waals surface area contributed by atoms with Crippen molar-refractivity contribution in [3.8, 4) is 5.75 Å². The highest BCUT2D eigenvalue weighted by Crippen LogP contribution is 2.22. The number of halogens is 1. The van der Waals surface area contributed by atoms with Crippen LogP contribution >= 0.6 is 15.9 Å². The summed E-state index contributed by atoms with van der Waals surface area (Å²) in [6.45, 7) is 2.18. The van der Waals surface area contributed by atoms with Crippen molar-refractivity contribution in [2.24, 2.45) is 5.10 Å². The van der Waals surface area contributed by atoms with E-state index >= 15 is 0 Å². The van der Waals surface area contributed by atoms with Gasteiger partial charge >= 0.3 is 0 Å². The molecule has 0 spiro atoms. The summed E-state index contributed by atoms with van der Waals surface area (Å²) in [5, 5.41) is 6.54. The van der Waals surface area contributed by atoms with Crippen LogP contribution in [0.2, 0.25) is 0 Å². The molecular formula is C24H22BrN3O3. The van der Waals surface area contributed by atoms with E-state index in [-0.39, 0.29) is 12.5 Å². The Morgan fingerprint density at radius 1 is 1.03 bits per heavy atom. The summed E-state index contributed by atoms with van der Waals surface area (Å²) in [7, 11) is 0. The van der Waals surface area contributed by atoms with Crippen LogP contribution in [0.1, 0.15) is 27.0 Å². The fourth-order valence-corrected chi connectivity index (χ4v) is 3.06. The number of hydrogen-bond acceptors (Lipinski definition) is 4. The third-order valence-electron chi connectivity index (χ3n) is 4.30. The van der Waals surface area contributed by atoms with E-state index in [1.165, 1.54) is 6.21 Å². The molecule has 0 heterocycles. The molecule has 0 unspecified atom stereocenters. The topological polar surface area (TPSA) is 79.8 Å². The van der Waals surface area contributed by atoms with Crippen LogP contribution in [0.3, 0.4) is 0 Å². The first-order valence-electron chi connectivity index (χ1n) is 9.64. The van der Waals surface area contributed by atoms with Gasteiger partial charge in [-0.1, -0.05) is 64.0 Å². The number of nitrogens with one attached hydrogen (secondary N) is 2. The van der Waals surface area contributed by atoms with E-state index in [1.807, 2.05) is 61.5 Å². The normalized spacial score (nSPS) is 10.6. The number of amides is 2. The van der Waals surface area contributed by atoms with Gasteiger partial charge in [0.25, 0.3) is 11.8 Å². The summed E-state index contributed by atoms with van der Waals surface area (Å²) < 4.78 is 6.62. The second-order valence-corrected chi connectivity index (χ2v) is 7.66. The highest BCUT2D eigenvalue weighted by atomic mass is 79.9. The molecule has 0 atom stereocenters. The molecule has 0 saturated carbocycles. The van der Waals surface area contributed by atoms with Gasteiger partial charge in [0.05, 0.1) is 12.8 Å². The Morgan fingerprint density at radius 2 is 1.84 bits per heavy atom. The largest absolute Gasteiger partial charge is 0.489 e. The zero-order chi connectivity index (χ0) is 22.1. The summed E-state index contributed by atoms with van der Waals surface area (Å²) >= 11 is 3.46. The highest BCUT2D eigenvalue weighted by Gasteiger charge is 2.08. The molecule has 0 fully saturated rings. The third kappa shape index (κ3) is 7.08. The lowest BCUT2D eigenvalue weighted by molar-refractivity contribution is -0.120. The van der Waals surface area contributed by atoms with Crippen molar-refractivity contribution in [3.63, 3.8) is 0 Å². The number of rotatable bonds is 8. The third-order valence-corrected chi connectivity index (χ3v) is 5.02. The number of hydrazone groups is 1. The predicted octanol–water partition coefficient (Wildman–Crippen LogP) is 4.22. The van der Waals surface area contributed by atoms with Gasteiger partial charge in [-0.05, 0) is 42.8 Å². The molecule has 3 aromatic rings. The van der Waals surface area contributed by atoms with Crippen molar-refractivity contribution in [1.82, 2.24) is 10.7 Å². The Labute approximate surface area is 189 Å². The molecule has 0 aliphatic carbocycles. The quantitative estimate of drug-likeness (QED) is 0.375. The number of benzene rings is 3. The lowest BCUT2D eigenvalue weighted by atomic mass is 10.1. The van der Waals surface area contributed by atoms with Gasteiger partial charge in [0.2, 0.25) is 0 Å². The highest BCUT2D eigenvalue weighted by molar-refractivity contribution is 9.10. The van der Waals surface area contributed by atoms with E-state index < -0.39 is 5.91 Å². The fraction of sp³-hybridized carbons (Fsp3) is 0.125. The first-order chi connectivity index (χ1) is 15.0. The number of ether oxygens (including phenoxy) is 1. The van der Waals surface area contributed by atoms with Crippen molar-refractivity contribution in [2.45, 2.75) is 13.5 Å². The SMILES string of the molecule is Cc1cccc(C(=O)NCC(=O)NN=Cc2cc(OCc3ccccc3)ccc2Br)c1. The standard InChI is InChI=1S/C24H22BrN3O3/c1-17-6-5-9-19(12-17)24(30)26-15-23(29)28-27-14-20-13-21(10-11-22(20)25)31-16-18-7-3-2-4-8-18/h2-14H,15-16H2,1H3,(H,26,30)(H,28,29). The second-order valence-electron chi connectivity index (χ2n) is 6.80. The van der Waals surface area contributed by atoms with Crippen LogP contribution in [0.4, 0.5) is 0 Å². The Morgan fingerprint density at radius 3 is 2.61 bits per heavy atom. The van der Waals surface area contributed by atoms with Crippen LogP contribution in [0.25, 0.3) is 0 Å². The summed E-state index contributed by atoms with van der Waals surface area (Å²) in [5.74, 6) is -0.0519. The monoisotopic (exact) mass is 479 g/mol. The van der Waals surface area contributed by atoms with Gasteiger partial charge in [0, 0.05) is 15.6 Å². The van der Waals surface area contributed by atoms with Crippen LogP contribution in [0.15, 0.2) is 82.4 Å². The number of carbonyl (C=O) groups excluding carboxylic acids is 2. The lowest BCUT2D eigenvalue weighted by Gasteiger charge is -2.08. The molecule has 0 aliphatic rings. The predicted molar refractivity (Wildman–Crippen MR) is 124 cm³/mol. The Kier molecular flexibility index (Phi) is 7.95. The van der Waals surface area contributed by atoms with Gasteiger partial charge in [-0.2, -0.15) is 5.10 Å². The minimum Gasteiger partial charge on any atom is -0.489 e.